The van der Waals surface area contributed by atoms with Crippen LogP contribution in [0.15, 0.2) is 30.5 Å². The summed E-state index contributed by atoms with van der Waals surface area (Å²) in [5.74, 6) is 3.90. The number of aryl methyl sites for hydroxylation is 1. The van der Waals surface area contributed by atoms with Crippen LogP contribution in [0.1, 0.15) is 5.82 Å². The maximum Gasteiger partial charge on any atom is 0.132 e. The zero-order valence-electron chi connectivity index (χ0n) is 11.5. The van der Waals surface area contributed by atoms with Crippen LogP contribution in [-0.2, 0) is 6.54 Å². The van der Waals surface area contributed by atoms with Crippen molar-refractivity contribution in [2.24, 2.45) is 0 Å². The van der Waals surface area contributed by atoms with E-state index < -0.39 is 0 Å². The molecule has 0 unspecified atom stereocenters. The SMILES string of the molecule is C#CCn1c(C)nc(-c2ccc(Cl)c3cccnc23)c1N. The summed E-state index contributed by atoms with van der Waals surface area (Å²) >= 11 is 6.22. The topological polar surface area (TPSA) is 56.7 Å². The van der Waals surface area contributed by atoms with Gasteiger partial charge in [-0.05, 0) is 31.2 Å². The molecule has 0 saturated heterocycles. The fraction of sp³-hybridized carbons (Fsp3) is 0.125. The normalized spacial score (nSPS) is 10.7. The second-order valence-corrected chi connectivity index (χ2v) is 5.08. The second-order valence-electron chi connectivity index (χ2n) is 4.68. The molecule has 0 aliphatic rings. The van der Waals surface area contributed by atoms with Gasteiger partial charge in [-0.15, -0.1) is 6.42 Å². The maximum absolute atomic E-state index is 6.22. The molecule has 104 valence electrons. The van der Waals surface area contributed by atoms with Crippen LogP contribution in [0.3, 0.4) is 0 Å². The molecule has 3 aromatic rings. The molecule has 0 radical (unpaired) electrons. The van der Waals surface area contributed by atoms with Crippen molar-refractivity contribution < 1.29 is 0 Å². The number of pyridine rings is 1. The number of rotatable bonds is 2. The second kappa shape index (κ2) is 5.12. The van der Waals surface area contributed by atoms with E-state index in [4.69, 9.17) is 23.8 Å². The molecule has 2 N–H and O–H groups in total. The number of terminal acetylenes is 1. The van der Waals surface area contributed by atoms with Gasteiger partial charge in [-0.3, -0.25) is 4.98 Å². The average molecular weight is 297 g/mol. The summed E-state index contributed by atoms with van der Waals surface area (Å²) in [5, 5.41) is 1.53. The summed E-state index contributed by atoms with van der Waals surface area (Å²) in [6.45, 7) is 2.27. The smallest absolute Gasteiger partial charge is 0.132 e. The van der Waals surface area contributed by atoms with Crippen LogP contribution in [0.5, 0.6) is 0 Å². The summed E-state index contributed by atoms with van der Waals surface area (Å²) in [6, 6.07) is 7.49. The third-order valence-corrected chi connectivity index (χ3v) is 3.75. The number of halogens is 1. The molecule has 0 atom stereocenters. The Morgan fingerprint density at radius 3 is 2.95 bits per heavy atom. The summed E-state index contributed by atoms with van der Waals surface area (Å²) in [5.41, 5.74) is 8.51. The van der Waals surface area contributed by atoms with Gasteiger partial charge in [-0.1, -0.05) is 17.5 Å². The Bertz CT molecular complexity index is 874. The van der Waals surface area contributed by atoms with E-state index in [2.05, 4.69) is 15.9 Å². The van der Waals surface area contributed by atoms with Crippen molar-refractivity contribution in [3.8, 4) is 23.6 Å². The molecule has 0 aliphatic carbocycles. The molecule has 0 spiro atoms. The molecule has 21 heavy (non-hydrogen) atoms. The monoisotopic (exact) mass is 296 g/mol. The highest BCUT2D eigenvalue weighted by atomic mass is 35.5. The number of hydrogen-bond donors (Lipinski definition) is 1. The molecule has 2 aromatic heterocycles. The first-order valence-corrected chi connectivity index (χ1v) is 6.81. The summed E-state index contributed by atoms with van der Waals surface area (Å²) < 4.78 is 1.80. The minimum Gasteiger partial charge on any atom is -0.383 e. The van der Waals surface area contributed by atoms with Crippen LogP contribution < -0.4 is 5.73 Å². The van der Waals surface area contributed by atoms with E-state index >= 15 is 0 Å². The Labute approximate surface area is 127 Å². The van der Waals surface area contributed by atoms with Crippen molar-refractivity contribution >= 4 is 28.3 Å². The van der Waals surface area contributed by atoms with Crippen molar-refractivity contribution in [3.05, 3.63) is 41.3 Å². The van der Waals surface area contributed by atoms with E-state index in [9.17, 15) is 0 Å². The number of nitrogens with zero attached hydrogens (tertiary/aromatic N) is 3. The van der Waals surface area contributed by atoms with E-state index in [0.717, 1.165) is 22.3 Å². The lowest BCUT2D eigenvalue weighted by Gasteiger charge is -2.07. The van der Waals surface area contributed by atoms with Crippen molar-refractivity contribution in [1.29, 1.82) is 0 Å². The zero-order valence-corrected chi connectivity index (χ0v) is 12.2. The Kier molecular flexibility index (Phi) is 3.28. The Morgan fingerprint density at radius 1 is 1.38 bits per heavy atom. The molecule has 0 fully saturated rings. The van der Waals surface area contributed by atoms with E-state index in [0.29, 0.717) is 23.1 Å². The number of nitrogens with two attached hydrogens (primary N) is 1. The minimum atomic E-state index is 0.392. The molecule has 5 heteroatoms. The first-order valence-electron chi connectivity index (χ1n) is 6.43. The lowest BCUT2D eigenvalue weighted by Crippen LogP contribution is -2.03. The Hall–Kier alpha value is -2.51. The number of imidazole rings is 1. The van der Waals surface area contributed by atoms with Gasteiger partial charge in [0.1, 0.15) is 17.3 Å². The highest BCUT2D eigenvalue weighted by Crippen LogP contribution is 2.34. The zero-order chi connectivity index (χ0) is 15.0. The van der Waals surface area contributed by atoms with Crippen LogP contribution >= 0.6 is 11.6 Å². The Morgan fingerprint density at radius 2 is 2.19 bits per heavy atom. The van der Waals surface area contributed by atoms with E-state index in [-0.39, 0.29) is 0 Å². The van der Waals surface area contributed by atoms with E-state index in [1.165, 1.54) is 0 Å². The number of hydrogen-bond acceptors (Lipinski definition) is 3. The lowest BCUT2D eigenvalue weighted by molar-refractivity contribution is 0.807. The van der Waals surface area contributed by atoms with Crippen LogP contribution in [0.4, 0.5) is 5.82 Å². The van der Waals surface area contributed by atoms with Crippen molar-refractivity contribution in [3.63, 3.8) is 0 Å². The summed E-state index contributed by atoms with van der Waals surface area (Å²) in [4.78, 5) is 8.95. The number of nitrogen functional groups attached to an aromatic ring is 1. The fourth-order valence-electron chi connectivity index (χ4n) is 2.40. The fourth-order valence-corrected chi connectivity index (χ4v) is 2.62. The van der Waals surface area contributed by atoms with Crippen LogP contribution in [0.25, 0.3) is 22.2 Å². The van der Waals surface area contributed by atoms with Crippen LogP contribution in [-0.4, -0.2) is 14.5 Å². The largest absolute Gasteiger partial charge is 0.383 e. The van der Waals surface area contributed by atoms with Crippen molar-refractivity contribution in [2.75, 3.05) is 5.73 Å². The molecule has 0 bridgehead atoms. The van der Waals surface area contributed by atoms with Crippen LogP contribution in [0.2, 0.25) is 5.02 Å². The first-order chi connectivity index (χ1) is 10.1. The maximum atomic E-state index is 6.22. The highest BCUT2D eigenvalue weighted by Gasteiger charge is 2.16. The molecule has 2 heterocycles. The quantitative estimate of drug-likeness (QED) is 0.738. The molecule has 0 aliphatic heterocycles. The predicted octanol–water partition coefficient (Wildman–Crippen LogP) is 3.28. The third kappa shape index (κ3) is 2.12. The number of fused-ring (bicyclic) bond motifs is 1. The van der Waals surface area contributed by atoms with Crippen LogP contribution in [0, 0.1) is 19.3 Å². The molecular formula is C16H13ClN4. The number of benzene rings is 1. The summed E-state index contributed by atoms with van der Waals surface area (Å²) in [7, 11) is 0. The molecular weight excluding hydrogens is 284 g/mol. The van der Waals surface area contributed by atoms with Crippen molar-refractivity contribution in [2.45, 2.75) is 13.5 Å². The van der Waals surface area contributed by atoms with Gasteiger partial charge in [0.05, 0.1) is 17.1 Å². The molecule has 0 amide bonds. The molecule has 1 aromatic carbocycles. The van der Waals surface area contributed by atoms with Gasteiger partial charge in [0.2, 0.25) is 0 Å². The third-order valence-electron chi connectivity index (χ3n) is 3.42. The van der Waals surface area contributed by atoms with Crippen molar-refractivity contribution in [1.82, 2.24) is 14.5 Å². The number of aromatic nitrogens is 3. The van der Waals surface area contributed by atoms with E-state index in [1.54, 1.807) is 10.8 Å². The van der Waals surface area contributed by atoms with E-state index in [1.807, 2.05) is 31.2 Å². The summed E-state index contributed by atoms with van der Waals surface area (Å²) in [6.07, 6.45) is 7.10. The highest BCUT2D eigenvalue weighted by molar-refractivity contribution is 6.35. The van der Waals surface area contributed by atoms with Gasteiger partial charge in [0.15, 0.2) is 0 Å². The lowest BCUT2D eigenvalue weighted by atomic mass is 10.1. The number of anilines is 1. The Balaban J connectivity index is 2.30. The van der Waals surface area contributed by atoms with Gasteiger partial charge in [0.25, 0.3) is 0 Å². The van der Waals surface area contributed by atoms with Gasteiger partial charge in [-0.25, -0.2) is 4.98 Å². The van der Waals surface area contributed by atoms with Gasteiger partial charge >= 0.3 is 0 Å². The molecule has 4 nitrogen and oxygen atoms in total. The molecule has 3 rings (SSSR count). The first kappa shape index (κ1) is 13.5. The molecule has 0 saturated carbocycles. The average Bonchev–Trinajstić information content (AvgIpc) is 2.77. The minimum absolute atomic E-state index is 0.392. The standard InChI is InChI=1S/C16H13ClN4/c1-3-9-21-10(2)20-15(16(21)18)12-6-7-13(17)11-5-4-8-19-14(11)12/h1,4-8H,9,18H2,2H3. The van der Waals surface area contributed by atoms with Gasteiger partial charge in [-0.2, -0.15) is 0 Å². The predicted molar refractivity (Wildman–Crippen MR) is 86.0 cm³/mol. The van der Waals surface area contributed by atoms with Gasteiger partial charge in [0, 0.05) is 17.1 Å². The van der Waals surface area contributed by atoms with Gasteiger partial charge < -0.3 is 10.3 Å².